The Balaban J connectivity index is 0. The van der Waals surface area contributed by atoms with Crippen molar-refractivity contribution in [2.75, 3.05) is 6.61 Å². The van der Waals surface area contributed by atoms with E-state index in [1.165, 1.54) is 70.6 Å². The first-order valence-electron chi connectivity index (χ1n) is 12.0. The van der Waals surface area contributed by atoms with Crippen LogP contribution >= 0.6 is 0 Å². The van der Waals surface area contributed by atoms with Gasteiger partial charge in [-0.1, -0.05) is 104 Å². The highest BCUT2D eigenvalue weighted by Crippen LogP contribution is 2.13. The van der Waals surface area contributed by atoms with E-state index in [-0.39, 0.29) is 12.1 Å². The van der Waals surface area contributed by atoms with Crippen LogP contribution in [0.3, 0.4) is 0 Å². The average molecular weight is 387 g/mol. The van der Waals surface area contributed by atoms with Gasteiger partial charge in [-0.05, 0) is 26.2 Å². The van der Waals surface area contributed by atoms with Gasteiger partial charge < -0.3 is 9.84 Å². The van der Waals surface area contributed by atoms with Gasteiger partial charge in [0, 0.05) is 6.42 Å². The van der Waals surface area contributed by atoms with Gasteiger partial charge in [0.05, 0.1) is 12.7 Å². The first kappa shape index (κ1) is 28.6. The van der Waals surface area contributed by atoms with E-state index >= 15 is 0 Å². The molecule has 0 aliphatic heterocycles. The largest absolute Gasteiger partial charge is 0.466 e. The Morgan fingerprint density at radius 3 is 1.56 bits per heavy atom. The maximum Gasteiger partial charge on any atom is 0.305 e. The molecule has 0 spiro atoms. The third kappa shape index (κ3) is 27.7. The number of ether oxygens (including phenoxy) is 1. The summed E-state index contributed by atoms with van der Waals surface area (Å²) in [5.41, 5.74) is 0. The van der Waals surface area contributed by atoms with E-state index in [1.54, 1.807) is 0 Å². The Labute approximate surface area is 170 Å². The normalized spacial score (nSPS) is 11.6. The third-order valence-corrected chi connectivity index (χ3v) is 4.82. The van der Waals surface area contributed by atoms with Gasteiger partial charge in [0.25, 0.3) is 0 Å². The summed E-state index contributed by atoms with van der Waals surface area (Å²) < 4.78 is 4.75. The number of carbonyl (C=O) groups is 1. The van der Waals surface area contributed by atoms with E-state index in [2.05, 4.69) is 20.8 Å². The predicted octanol–water partition coefficient (Wildman–Crippen LogP) is 7.59. The molecule has 27 heavy (non-hydrogen) atoms. The second kappa shape index (κ2) is 25.4. The molecule has 3 nitrogen and oxygen atoms in total. The monoisotopic (exact) mass is 386 g/mol. The fourth-order valence-electron chi connectivity index (χ4n) is 3.04. The quantitative estimate of drug-likeness (QED) is 0.195. The number of aliphatic hydroxyl groups is 1. The lowest BCUT2D eigenvalue weighted by molar-refractivity contribution is -0.143. The molecule has 1 atom stereocenters. The Morgan fingerprint density at radius 1 is 0.667 bits per heavy atom. The van der Waals surface area contributed by atoms with Crippen LogP contribution < -0.4 is 0 Å². The van der Waals surface area contributed by atoms with E-state index in [9.17, 15) is 9.90 Å². The molecule has 0 radical (unpaired) electrons. The van der Waals surface area contributed by atoms with Gasteiger partial charge >= 0.3 is 5.97 Å². The topological polar surface area (TPSA) is 46.5 Å². The molecule has 1 N–H and O–H groups in total. The summed E-state index contributed by atoms with van der Waals surface area (Å²) in [6.07, 6.45) is 20.4. The molecule has 0 saturated carbocycles. The summed E-state index contributed by atoms with van der Waals surface area (Å²) in [7, 11) is 0. The first-order valence-corrected chi connectivity index (χ1v) is 12.0. The molecular weight excluding hydrogens is 336 g/mol. The minimum Gasteiger partial charge on any atom is -0.466 e. The van der Waals surface area contributed by atoms with Gasteiger partial charge in [-0.25, -0.2) is 0 Å². The third-order valence-electron chi connectivity index (χ3n) is 4.82. The fraction of sp³-hybridized carbons (Fsp3) is 0.958. The summed E-state index contributed by atoms with van der Waals surface area (Å²) in [4.78, 5) is 10.7. The Morgan fingerprint density at radius 2 is 1.07 bits per heavy atom. The fourth-order valence-corrected chi connectivity index (χ4v) is 3.04. The molecule has 0 amide bonds. The predicted molar refractivity (Wildman–Crippen MR) is 118 cm³/mol. The van der Waals surface area contributed by atoms with Crippen LogP contribution in [0.5, 0.6) is 0 Å². The molecule has 0 rings (SSSR count). The van der Waals surface area contributed by atoms with Crippen molar-refractivity contribution in [1.29, 1.82) is 0 Å². The number of hydrogen-bond acceptors (Lipinski definition) is 3. The minimum absolute atomic E-state index is 0.0255. The summed E-state index contributed by atoms with van der Waals surface area (Å²) in [6, 6.07) is 0. The SMILES string of the molecule is CCCCCC(=O)OCC.CCCCCCCCCC(O)CCCCCC. The molecule has 0 bridgehead atoms. The lowest BCUT2D eigenvalue weighted by atomic mass is 10.0. The van der Waals surface area contributed by atoms with Gasteiger partial charge in [0.2, 0.25) is 0 Å². The number of carbonyl (C=O) groups excluding carboxylic acids is 1. The molecule has 164 valence electrons. The Hall–Kier alpha value is -0.570. The van der Waals surface area contributed by atoms with Crippen molar-refractivity contribution >= 4 is 5.97 Å². The first-order chi connectivity index (χ1) is 13.1. The number of hydrogen-bond donors (Lipinski definition) is 1. The summed E-state index contributed by atoms with van der Waals surface area (Å²) >= 11 is 0. The van der Waals surface area contributed by atoms with Crippen LogP contribution in [0.2, 0.25) is 0 Å². The van der Waals surface area contributed by atoms with Gasteiger partial charge in [0.1, 0.15) is 0 Å². The summed E-state index contributed by atoms with van der Waals surface area (Å²) in [5, 5.41) is 9.79. The highest BCUT2D eigenvalue weighted by molar-refractivity contribution is 5.69. The number of unbranched alkanes of at least 4 members (excludes halogenated alkanes) is 11. The molecule has 0 aliphatic rings. The van der Waals surface area contributed by atoms with Crippen LogP contribution in [0.4, 0.5) is 0 Å². The lowest BCUT2D eigenvalue weighted by Crippen LogP contribution is -2.05. The zero-order valence-corrected chi connectivity index (χ0v) is 19.1. The van der Waals surface area contributed by atoms with Crippen molar-refractivity contribution in [3.8, 4) is 0 Å². The molecular formula is C24H50O3. The van der Waals surface area contributed by atoms with Crippen LogP contribution in [0.15, 0.2) is 0 Å². The van der Waals surface area contributed by atoms with E-state index in [4.69, 9.17) is 4.74 Å². The molecule has 0 saturated heterocycles. The highest BCUT2D eigenvalue weighted by atomic mass is 16.5. The maximum atomic E-state index is 10.7. The van der Waals surface area contributed by atoms with Crippen LogP contribution in [-0.2, 0) is 9.53 Å². The van der Waals surface area contributed by atoms with E-state index in [0.717, 1.165) is 32.1 Å². The van der Waals surface area contributed by atoms with Gasteiger partial charge in [-0.2, -0.15) is 0 Å². The van der Waals surface area contributed by atoms with E-state index in [1.807, 2.05) is 6.92 Å². The molecule has 0 heterocycles. The molecule has 3 heteroatoms. The van der Waals surface area contributed by atoms with Crippen LogP contribution in [-0.4, -0.2) is 23.8 Å². The minimum atomic E-state index is -0.0593. The van der Waals surface area contributed by atoms with Crippen LogP contribution in [0.1, 0.15) is 137 Å². The summed E-state index contributed by atoms with van der Waals surface area (Å²) in [5.74, 6) is -0.0593. The second-order valence-electron chi connectivity index (χ2n) is 7.68. The van der Waals surface area contributed by atoms with Crippen molar-refractivity contribution in [2.45, 2.75) is 143 Å². The van der Waals surface area contributed by atoms with Crippen molar-refractivity contribution in [1.82, 2.24) is 0 Å². The Bertz CT molecular complexity index is 279. The van der Waals surface area contributed by atoms with Gasteiger partial charge in [-0.3, -0.25) is 4.79 Å². The van der Waals surface area contributed by atoms with Crippen molar-refractivity contribution in [3.63, 3.8) is 0 Å². The summed E-state index contributed by atoms with van der Waals surface area (Å²) in [6.45, 7) is 8.94. The van der Waals surface area contributed by atoms with Gasteiger partial charge in [0.15, 0.2) is 0 Å². The number of rotatable bonds is 18. The van der Waals surface area contributed by atoms with Crippen LogP contribution in [0, 0.1) is 0 Å². The number of aliphatic hydroxyl groups excluding tert-OH is 1. The van der Waals surface area contributed by atoms with E-state index in [0.29, 0.717) is 13.0 Å². The highest BCUT2D eigenvalue weighted by Gasteiger charge is 2.03. The van der Waals surface area contributed by atoms with Crippen LogP contribution in [0.25, 0.3) is 0 Å². The van der Waals surface area contributed by atoms with Crippen molar-refractivity contribution in [2.24, 2.45) is 0 Å². The van der Waals surface area contributed by atoms with Gasteiger partial charge in [-0.15, -0.1) is 0 Å². The molecule has 1 unspecified atom stereocenters. The molecule has 0 fully saturated rings. The van der Waals surface area contributed by atoms with Crippen molar-refractivity contribution in [3.05, 3.63) is 0 Å². The smallest absolute Gasteiger partial charge is 0.305 e. The molecule has 0 aromatic rings. The zero-order valence-electron chi connectivity index (χ0n) is 19.1. The van der Waals surface area contributed by atoms with E-state index < -0.39 is 0 Å². The molecule has 0 aromatic heterocycles. The maximum absolute atomic E-state index is 10.7. The average Bonchev–Trinajstić information content (AvgIpc) is 2.65. The molecule has 0 aromatic carbocycles. The number of esters is 1. The molecule has 0 aliphatic carbocycles. The Kier molecular flexibility index (Phi) is 27.0. The standard InChI is InChI=1S/C16H34O.C8H16O2/c1-3-5-7-9-10-11-13-15-16(17)14-12-8-6-4-2;1-3-5-6-7-8(9)10-4-2/h16-17H,3-15H2,1-2H3;3-7H2,1-2H3. The van der Waals surface area contributed by atoms with Crippen molar-refractivity contribution < 1.29 is 14.6 Å². The second-order valence-corrected chi connectivity index (χ2v) is 7.68. The zero-order chi connectivity index (χ0) is 20.6. The lowest BCUT2D eigenvalue weighted by Gasteiger charge is -2.09.